The number of ether oxygens (including phenoxy) is 1. The van der Waals surface area contributed by atoms with Gasteiger partial charge in [-0.1, -0.05) is 39.0 Å². The Balaban J connectivity index is 2.39. The number of para-hydroxylation sites is 1. The summed E-state index contributed by atoms with van der Waals surface area (Å²) in [6.45, 7) is 7.00. The van der Waals surface area contributed by atoms with Gasteiger partial charge in [-0.25, -0.2) is 4.39 Å². The van der Waals surface area contributed by atoms with E-state index in [4.69, 9.17) is 4.74 Å². The van der Waals surface area contributed by atoms with Crippen LogP contribution in [-0.4, -0.2) is 7.05 Å². The standard InChI is InChI=1S/C18H22FNO/c1-18(2,3)15-7-5-6-8-17(15)21-16-10-9-14(19)11-13(16)12-20-4/h5-11,20H,12H2,1-4H3. The molecule has 0 aromatic heterocycles. The van der Waals surface area contributed by atoms with Crippen LogP contribution in [0.1, 0.15) is 31.9 Å². The summed E-state index contributed by atoms with van der Waals surface area (Å²) in [5.41, 5.74) is 1.92. The predicted molar refractivity (Wildman–Crippen MR) is 84.4 cm³/mol. The molecule has 0 heterocycles. The largest absolute Gasteiger partial charge is 0.457 e. The molecule has 1 N–H and O–H groups in total. The highest BCUT2D eigenvalue weighted by molar-refractivity contribution is 5.44. The molecule has 2 rings (SSSR count). The number of rotatable bonds is 4. The SMILES string of the molecule is CNCc1cc(F)ccc1Oc1ccccc1C(C)(C)C. The van der Waals surface area contributed by atoms with Crippen molar-refractivity contribution in [1.82, 2.24) is 5.32 Å². The molecule has 0 unspecified atom stereocenters. The van der Waals surface area contributed by atoms with Gasteiger partial charge in [-0.05, 0) is 36.7 Å². The van der Waals surface area contributed by atoms with Crippen molar-refractivity contribution in [3.63, 3.8) is 0 Å². The van der Waals surface area contributed by atoms with Crippen LogP contribution in [-0.2, 0) is 12.0 Å². The summed E-state index contributed by atoms with van der Waals surface area (Å²) >= 11 is 0. The van der Waals surface area contributed by atoms with Crippen LogP contribution >= 0.6 is 0 Å². The monoisotopic (exact) mass is 287 g/mol. The zero-order valence-electron chi connectivity index (χ0n) is 13.0. The van der Waals surface area contributed by atoms with Crippen LogP contribution in [0.3, 0.4) is 0 Å². The Hall–Kier alpha value is -1.87. The fraction of sp³-hybridized carbons (Fsp3) is 0.333. The van der Waals surface area contributed by atoms with Crippen molar-refractivity contribution in [3.05, 3.63) is 59.4 Å². The van der Waals surface area contributed by atoms with E-state index in [9.17, 15) is 4.39 Å². The Morgan fingerprint density at radius 1 is 1.05 bits per heavy atom. The lowest BCUT2D eigenvalue weighted by Crippen LogP contribution is -2.13. The fourth-order valence-electron chi connectivity index (χ4n) is 2.27. The van der Waals surface area contributed by atoms with E-state index < -0.39 is 0 Å². The fourth-order valence-corrected chi connectivity index (χ4v) is 2.27. The zero-order valence-corrected chi connectivity index (χ0v) is 13.0. The van der Waals surface area contributed by atoms with Gasteiger partial charge in [0.25, 0.3) is 0 Å². The van der Waals surface area contributed by atoms with Gasteiger partial charge in [0.1, 0.15) is 17.3 Å². The quantitative estimate of drug-likeness (QED) is 0.885. The van der Waals surface area contributed by atoms with Crippen LogP contribution in [0.4, 0.5) is 4.39 Å². The van der Waals surface area contributed by atoms with Crippen molar-refractivity contribution < 1.29 is 9.13 Å². The van der Waals surface area contributed by atoms with E-state index in [1.165, 1.54) is 12.1 Å². The Bertz CT molecular complexity index is 617. The van der Waals surface area contributed by atoms with E-state index in [-0.39, 0.29) is 11.2 Å². The lowest BCUT2D eigenvalue weighted by atomic mass is 9.86. The van der Waals surface area contributed by atoms with E-state index in [2.05, 4.69) is 32.2 Å². The first-order valence-electron chi connectivity index (χ1n) is 7.12. The maximum atomic E-state index is 13.4. The van der Waals surface area contributed by atoms with Crippen LogP contribution in [0.15, 0.2) is 42.5 Å². The molecule has 2 aromatic carbocycles. The molecule has 0 saturated heterocycles. The molecule has 0 bridgehead atoms. The lowest BCUT2D eigenvalue weighted by Gasteiger charge is -2.23. The number of hydrogen-bond donors (Lipinski definition) is 1. The zero-order chi connectivity index (χ0) is 15.5. The van der Waals surface area contributed by atoms with Gasteiger partial charge in [-0.15, -0.1) is 0 Å². The Kier molecular flexibility index (Phi) is 4.63. The summed E-state index contributed by atoms with van der Waals surface area (Å²) in [5.74, 6) is 1.24. The van der Waals surface area contributed by atoms with E-state index in [1.807, 2.05) is 25.2 Å². The number of hydrogen-bond acceptors (Lipinski definition) is 2. The highest BCUT2D eigenvalue weighted by Crippen LogP contribution is 2.35. The Morgan fingerprint density at radius 2 is 1.76 bits per heavy atom. The van der Waals surface area contributed by atoms with Gasteiger partial charge >= 0.3 is 0 Å². The van der Waals surface area contributed by atoms with Crippen molar-refractivity contribution in [3.8, 4) is 11.5 Å². The van der Waals surface area contributed by atoms with Gasteiger partial charge < -0.3 is 10.1 Å². The maximum absolute atomic E-state index is 13.4. The molecule has 3 heteroatoms. The van der Waals surface area contributed by atoms with Gasteiger partial charge in [0.05, 0.1) is 0 Å². The van der Waals surface area contributed by atoms with Crippen molar-refractivity contribution in [2.75, 3.05) is 7.05 Å². The molecule has 0 aliphatic rings. The number of benzene rings is 2. The van der Waals surface area contributed by atoms with Crippen LogP contribution in [0.2, 0.25) is 0 Å². The Labute approximate surface area is 126 Å². The third-order valence-electron chi connectivity index (χ3n) is 3.30. The average molecular weight is 287 g/mol. The first-order chi connectivity index (χ1) is 9.91. The molecule has 0 fully saturated rings. The summed E-state index contributed by atoms with van der Waals surface area (Å²) in [6.07, 6.45) is 0. The van der Waals surface area contributed by atoms with Crippen LogP contribution in [0.5, 0.6) is 11.5 Å². The third kappa shape index (κ3) is 3.82. The van der Waals surface area contributed by atoms with E-state index in [0.29, 0.717) is 12.3 Å². The van der Waals surface area contributed by atoms with Crippen LogP contribution in [0, 0.1) is 5.82 Å². The van der Waals surface area contributed by atoms with Crippen molar-refractivity contribution >= 4 is 0 Å². The Morgan fingerprint density at radius 3 is 2.43 bits per heavy atom. The molecular formula is C18H22FNO. The van der Waals surface area contributed by atoms with Crippen molar-refractivity contribution in [2.45, 2.75) is 32.7 Å². The van der Waals surface area contributed by atoms with E-state index >= 15 is 0 Å². The first kappa shape index (κ1) is 15.5. The lowest BCUT2D eigenvalue weighted by molar-refractivity contribution is 0.447. The molecule has 21 heavy (non-hydrogen) atoms. The predicted octanol–water partition coefficient (Wildman–Crippen LogP) is 4.63. The maximum Gasteiger partial charge on any atom is 0.132 e. The molecule has 0 amide bonds. The first-order valence-corrected chi connectivity index (χ1v) is 7.12. The molecule has 0 aliphatic carbocycles. The topological polar surface area (TPSA) is 21.3 Å². The van der Waals surface area contributed by atoms with Gasteiger partial charge in [-0.2, -0.15) is 0 Å². The second-order valence-corrected chi connectivity index (χ2v) is 6.13. The summed E-state index contributed by atoms with van der Waals surface area (Å²) in [4.78, 5) is 0. The molecular weight excluding hydrogens is 265 g/mol. The number of halogens is 1. The van der Waals surface area contributed by atoms with Crippen molar-refractivity contribution in [2.24, 2.45) is 0 Å². The van der Waals surface area contributed by atoms with Gasteiger partial charge in [0, 0.05) is 17.7 Å². The summed E-state index contributed by atoms with van der Waals surface area (Å²) in [7, 11) is 1.83. The minimum Gasteiger partial charge on any atom is -0.457 e. The minimum atomic E-state index is -0.253. The number of nitrogens with one attached hydrogen (secondary N) is 1. The van der Waals surface area contributed by atoms with Crippen LogP contribution < -0.4 is 10.1 Å². The summed E-state index contributed by atoms with van der Waals surface area (Å²) in [5, 5.41) is 3.04. The third-order valence-corrected chi connectivity index (χ3v) is 3.30. The summed E-state index contributed by atoms with van der Waals surface area (Å²) < 4.78 is 19.5. The molecule has 0 spiro atoms. The highest BCUT2D eigenvalue weighted by atomic mass is 19.1. The molecule has 0 saturated carbocycles. The van der Waals surface area contributed by atoms with Gasteiger partial charge in [0.2, 0.25) is 0 Å². The molecule has 2 nitrogen and oxygen atoms in total. The van der Waals surface area contributed by atoms with Crippen LogP contribution in [0.25, 0.3) is 0 Å². The molecule has 2 aromatic rings. The molecule has 0 radical (unpaired) electrons. The second kappa shape index (κ2) is 6.27. The molecule has 0 atom stereocenters. The average Bonchev–Trinajstić information content (AvgIpc) is 2.41. The molecule has 0 aliphatic heterocycles. The smallest absolute Gasteiger partial charge is 0.132 e. The van der Waals surface area contributed by atoms with E-state index in [0.717, 1.165) is 16.9 Å². The van der Waals surface area contributed by atoms with Gasteiger partial charge in [-0.3, -0.25) is 0 Å². The highest BCUT2D eigenvalue weighted by Gasteiger charge is 2.19. The second-order valence-electron chi connectivity index (χ2n) is 6.13. The van der Waals surface area contributed by atoms with E-state index in [1.54, 1.807) is 6.07 Å². The minimum absolute atomic E-state index is 0.0141. The van der Waals surface area contributed by atoms with Crippen molar-refractivity contribution in [1.29, 1.82) is 0 Å². The summed E-state index contributed by atoms with van der Waals surface area (Å²) in [6, 6.07) is 12.6. The normalized spacial score (nSPS) is 11.5. The molecule has 112 valence electrons. The van der Waals surface area contributed by atoms with Gasteiger partial charge in [0.15, 0.2) is 0 Å².